The third-order valence-corrected chi connectivity index (χ3v) is 6.28. The van der Waals surface area contributed by atoms with Gasteiger partial charge in [-0.1, -0.05) is 48.5 Å². The normalized spacial score (nSPS) is 15.8. The van der Waals surface area contributed by atoms with Crippen LogP contribution in [0.5, 0.6) is 0 Å². The fourth-order valence-corrected chi connectivity index (χ4v) is 4.59. The monoisotopic (exact) mass is 438 g/mol. The SMILES string of the molecule is O=C(O)CN(CCO)C(=O)C1(NC(=O)OCC2c3ccccc3-c3ccccc32)CCC1. The number of hydrogen-bond donors (Lipinski definition) is 3. The minimum Gasteiger partial charge on any atom is -0.480 e. The van der Waals surface area contributed by atoms with Crippen LogP contribution in [0.25, 0.3) is 11.1 Å². The van der Waals surface area contributed by atoms with Crippen molar-refractivity contribution in [3.63, 3.8) is 0 Å². The Balaban J connectivity index is 1.44. The molecule has 0 aliphatic heterocycles. The first-order valence-corrected chi connectivity index (χ1v) is 10.7. The number of carbonyl (C=O) groups excluding carboxylic acids is 2. The molecule has 2 aromatic carbocycles. The lowest BCUT2D eigenvalue weighted by molar-refractivity contribution is -0.150. The van der Waals surface area contributed by atoms with Gasteiger partial charge in [0.05, 0.1) is 6.61 Å². The maximum atomic E-state index is 13.0. The lowest BCUT2D eigenvalue weighted by atomic mass is 9.75. The van der Waals surface area contributed by atoms with Crippen LogP contribution in [-0.2, 0) is 14.3 Å². The summed E-state index contributed by atoms with van der Waals surface area (Å²) in [5.74, 6) is -1.78. The summed E-state index contributed by atoms with van der Waals surface area (Å²) < 4.78 is 5.56. The van der Waals surface area contributed by atoms with E-state index in [1.165, 1.54) is 0 Å². The van der Waals surface area contributed by atoms with Crippen LogP contribution in [0.4, 0.5) is 4.79 Å². The standard InChI is InChI=1S/C24H26N2O6/c27-13-12-26(14-21(28)29)22(30)24(10-5-11-24)25-23(31)32-15-20-18-8-3-1-6-16(18)17-7-2-4-9-19(17)20/h1-4,6-9,20,27H,5,10-15H2,(H,25,31)(H,28,29). The molecule has 0 bridgehead atoms. The third-order valence-electron chi connectivity index (χ3n) is 6.28. The zero-order valence-electron chi connectivity index (χ0n) is 17.6. The van der Waals surface area contributed by atoms with Gasteiger partial charge in [-0.05, 0) is 41.5 Å². The number of aliphatic hydroxyl groups is 1. The predicted octanol–water partition coefficient (Wildman–Crippen LogP) is 2.35. The zero-order valence-corrected chi connectivity index (χ0v) is 17.6. The molecule has 1 fully saturated rings. The number of fused-ring (bicyclic) bond motifs is 3. The molecular formula is C24H26N2O6. The van der Waals surface area contributed by atoms with Gasteiger partial charge in [-0.2, -0.15) is 0 Å². The summed E-state index contributed by atoms with van der Waals surface area (Å²) in [6.07, 6.45) is 0.823. The van der Waals surface area contributed by atoms with Crippen LogP contribution in [0.2, 0.25) is 0 Å². The van der Waals surface area contributed by atoms with Crippen LogP contribution >= 0.6 is 0 Å². The van der Waals surface area contributed by atoms with Crippen molar-refractivity contribution < 1.29 is 29.3 Å². The molecule has 168 valence electrons. The van der Waals surface area contributed by atoms with Gasteiger partial charge < -0.3 is 25.2 Å². The van der Waals surface area contributed by atoms with Crippen molar-refractivity contribution in [2.24, 2.45) is 0 Å². The smallest absolute Gasteiger partial charge is 0.408 e. The highest BCUT2D eigenvalue weighted by Gasteiger charge is 2.48. The van der Waals surface area contributed by atoms with Crippen molar-refractivity contribution >= 4 is 18.0 Å². The first-order valence-electron chi connectivity index (χ1n) is 10.7. The highest BCUT2D eigenvalue weighted by molar-refractivity contribution is 5.92. The summed E-state index contributed by atoms with van der Waals surface area (Å²) in [6.45, 7) is -0.883. The summed E-state index contributed by atoms with van der Waals surface area (Å²) >= 11 is 0. The van der Waals surface area contributed by atoms with Crippen LogP contribution in [-0.4, -0.2) is 64.9 Å². The predicted molar refractivity (Wildman–Crippen MR) is 116 cm³/mol. The second-order valence-corrected chi connectivity index (χ2v) is 8.23. The van der Waals surface area contributed by atoms with E-state index in [2.05, 4.69) is 17.4 Å². The summed E-state index contributed by atoms with van der Waals surface area (Å²) in [5.41, 5.74) is 3.23. The molecule has 3 N–H and O–H groups in total. The summed E-state index contributed by atoms with van der Waals surface area (Å²) in [5, 5.41) is 21.0. The molecule has 0 heterocycles. The van der Waals surface area contributed by atoms with Crippen LogP contribution in [0.15, 0.2) is 48.5 Å². The Morgan fingerprint density at radius 2 is 1.62 bits per heavy atom. The molecule has 2 amide bonds. The quantitative estimate of drug-likeness (QED) is 0.583. The van der Waals surface area contributed by atoms with E-state index in [0.717, 1.165) is 33.6 Å². The van der Waals surface area contributed by atoms with E-state index in [1.54, 1.807) is 0 Å². The minimum atomic E-state index is -1.19. The van der Waals surface area contributed by atoms with Gasteiger partial charge in [-0.15, -0.1) is 0 Å². The molecule has 8 nitrogen and oxygen atoms in total. The number of nitrogens with one attached hydrogen (secondary N) is 1. The molecule has 2 aromatic rings. The van der Waals surface area contributed by atoms with E-state index in [9.17, 15) is 19.5 Å². The van der Waals surface area contributed by atoms with Crippen molar-refractivity contribution in [3.8, 4) is 11.1 Å². The molecule has 0 spiro atoms. The van der Waals surface area contributed by atoms with Crippen molar-refractivity contribution in [3.05, 3.63) is 59.7 Å². The summed E-state index contributed by atoms with van der Waals surface area (Å²) in [6, 6.07) is 16.0. The summed E-state index contributed by atoms with van der Waals surface area (Å²) in [7, 11) is 0. The molecule has 32 heavy (non-hydrogen) atoms. The number of rotatable bonds is 8. The fourth-order valence-electron chi connectivity index (χ4n) is 4.59. The van der Waals surface area contributed by atoms with Gasteiger partial charge in [0.25, 0.3) is 0 Å². The molecule has 2 aliphatic carbocycles. The maximum Gasteiger partial charge on any atom is 0.408 e. The molecule has 1 saturated carbocycles. The third kappa shape index (κ3) is 4.05. The van der Waals surface area contributed by atoms with Gasteiger partial charge in [0, 0.05) is 12.5 Å². The van der Waals surface area contributed by atoms with Gasteiger partial charge in [-0.25, -0.2) is 4.79 Å². The molecule has 8 heteroatoms. The average molecular weight is 438 g/mol. The number of hydrogen-bond acceptors (Lipinski definition) is 5. The number of amides is 2. The van der Waals surface area contributed by atoms with Gasteiger partial charge in [-0.3, -0.25) is 9.59 Å². The molecule has 0 aromatic heterocycles. The van der Waals surface area contributed by atoms with E-state index >= 15 is 0 Å². The van der Waals surface area contributed by atoms with Crippen LogP contribution in [0, 0.1) is 0 Å². The molecule has 2 aliphatic rings. The molecule has 0 unspecified atom stereocenters. The minimum absolute atomic E-state index is 0.0981. The van der Waals surface area contributed by atoms with Crippen LogP contribution in [0.1, 0.15) is 36.3 Å². The number of aliphatic carboxylic acids is 1. The lowest BCUT2D eigenvalue weighted by Gasteiger charge is -2.43. The zero-order chi connectivity index (χ0) is 22.7. The highest BCUT2D eigenvalue weighted by atomic mass is 16.5. The lowest BCUT2D eigenvalue weighted by Crippen LogP contribution is -2.64. The largest absolute Gasteiger partial charge is 0.480 e. The Morgan fingerprint density at radius 1 is 1.03 bits per heavy atom. The van der Waals surface area contributed by atoms with Crippen molar-refractivity contribution in [1.82, 2.24) is 10.2 Å². The van der Waals surface area contributed by atoms with Crippen LogP contribution in [0.3, 0.4) is 0 Å². The highest BCUT2D eigenvalue weighted by Crippen LogP contribution is 2.44. The number of carboxylic acids is 1. The maximum absolute atomic E-state index is 13.0. The number of benzene rings is 2. The van der Waals surface area contributed by atoms with E-state index in [4.69, 9.17) is 9.84 Å². The topological polar surface area (TPSA) is 116 Å². The van der Waals surface area contributed by atoms with Gasteiger partial charge >= 0.3 is 12.1 Å². The Hall–Kier alpha value is -3.39. The Morgan fingerprint density at radius 3 is 2.12 bits per heavy atom. The second-order valence-electron chi connectivity index (χ2n) is 8.23. The number of aliphatic hydroxyl groups excluding tert-OH is 1. The molecule has 0 atom stereocenters. The van der Waals surface area contributed by atoms with Crippen molar-refractivity contribution in [2.45, 2.75) is 30.7 Å². The van der Waals surface area contributed by atoms with E-state index < -0.39 is 30.1 Å². The molecular weight excluding hydrogens is 412 g/mol. The number of alkyl carbamates (subject to hydrolysis) is 1. The molecule has 0 saturated heterocycles. The number of carbonyl (C=O) groups is 3. The van der Waals surface area contributed by atoms with Crippen LogP contribution < -0.4 is 5.32 Å². The van der Waals surface area contributed by atoms with Gasteiger partial charge in [0.1, 0.15) is 18.7 Å². The summed E-state index contributed by atoms with van der Waals surface area (Å²) in [4.78, 5) is 37.8. The molecule has 0 radical (unpaired) electrons. The van der Waals surface area contributed by atoms with Crippen molar-refractivity contribution in [2.75, 3.05) is 26.3 Å². The molecule has 4 rings (SSSR count). The first-order chi connectivity index (χ1) is 15.4. The van der Waals surface area contributed by atoms with Gasteiger partial charge in [0.15, 0.2) is 0 Å². The van der Waals surface area contributed by atoms with E-state index in [1.807, 2.05) is 36.4 Å². The van der Waals surface area contributed by atoms with Gasteiger partial charge in [0.2, 0.25) is 5.91 Å². The Labute approximate surface area is 185 Å². The Kier molecular flexibility index (Phi) is 6.14. The Bertz CT molecular complexity index is 987. The number of ether oxygens (including phenoxy) is 1. The first kappa shape index (κ1) is 21.8. The number of nitrogens with zero attached hydrogens (tertiary/aromatic N) is 1. The fraction of sp³-hybridized carbons (Fsp3) is 0.375. The van der Waals surface area contributed by atoms with Crippen molar-refractivity contribution in [1.29, 1.82) is 0 Å². The van der Waals surface area contributed by atoms with E-state index in [0.29, 0.717) is 12.8 Å². The second kappa shape index (κ2) is 9.00. The average Bonchev–Trinajstić information content (AvgIpc) is 3.07. The van der Waals surface area contributed by atoms with E-state index in [-0.39, 0.29) is 25.7 Å². The number of carboxylic acid groups (broad SMARTS) is 1.